The van der Waals surface area contributed by atoms with E-state index in [1.165, 1.54) is 11.1 Å². The van der Waals surface area contributed by atoms with Crippen molar-refractivity contribution in [1.29, 1.82) is 0 Å². The standard InChI is InChI=1S/C23H27N5O/c1-17-8-9-19(18(2)14-17)26-22-15-23(25-16-24-22)28-12-10-27(11-13-28)20-6-4-5-7-21(20)29-3/h4-9,14-16H,10-13H2,1-3H3,(H,24,25,26). The highest BCUT2D eigenvalue weighted by Crippen LogP contribution is 2.29. The summed E-state index contributed by atoms with van der Waals surface area (Å²) in [6.45, 7) is 7.85. The van der Waals surface area contributed by atoms with Crippen molar-refractivity contribution >= 4 is 23.0 Å². The lowest BCUT2D eigenvalue weighted by atomic mass is 10.1. The number of para-hydroxylation sites is 2. The van der Waals surface area contributed by atoms with E-state index in [2.05, 4.69) is 69.3 Å². The van der Waals surface area contributed by atoms with E-state index in [-0.39, 0.29) is 0 Å². The van der Waals surface area contributed by atoms with Crippen LogP contribution >= 0.6 is 0 Å². The molecule has 1 aliphatic heterocycles. The van der Waals surface area contributed by atoms with Gasteiger partial charge in [0.25, 0.3) is 0 Å². The maximum atomic E-state index is 5.52. The summed E-state index contributed by atoms with van der Waals surface area (Å²) in [5.41, 5.74) is 4.68. The molecule has 2 aromatic carbocycles. The highest BCUT2D eigenvalue weighted by atomic mass is 16.5. The minimum absolute atomic E-state index is 0.814. The highest BCUT2D eigenvalue weighted by molar-refractivity contribution is 5.63. The number of ether oxygens (including phenoxy) is 1. The molecule has 29 heavy (non-hydrogen) atoms. The monoisotopic (exact) mass is 389 g/mol. The summed E-state index contributed by atoms with van der Waals surface area (Å²) >= 11 is 0. The Morgan fingerprint density at radius 2 is 1.66 bits per heavy atom. The molecule has 1 fully saturated rings. The van der Waals surface area contributed by atoms with Gasteiger partial charge in [0.05, 0.1) is 12.8 Å². The van der Waals surface area contributed by atoms with Gasteiger partial charge in [0.2, 0.25) is 0 Å². The van der Waals surface area contributed by atoms with E-state index in [1.807, 2.05) is 18.2 Å². The maximum Gasteiger partial charge on any atom is 0.142 e. The van der Waals surface area contributed by atoms with Gasteiger partial charge in [-0.25, -0.2) is 9.97 Å². The normalized spacial score (nSPS) is 14.0. The van der Waals surface area contributed by atoms with Crippen LogP contribution in [0.1, 0.15) is 11.1 Å². The average Bonchev–Trinajstić information content (AvgIpc) is 2.76. The Morgan fingerprint density at radius 1 is 0.897 bits per heavy atom. The van der Waals surface area contributed by atoms with Crippen molar-refractivity contribution in [3.8, 4) is 5.75 Å². The van der Waals surface area contributed by atoms with E-state index in [0.717, 1.165) is 54.9 Å². The highest BCUT2D eigenvalue weighted by Gasteiger charge is 2.20. The molecule has 1 aliphatic rings. The molecule has 0 atom stereocenters. The van der Waals surface area contributed by atoms with Crippen molar-refractivity contribution in [2.45, 2.75) is 13.8 Å². The molecule has 3 aromatic rings. The minimum atomic E-state index is 0.814. The third-order valence-electron chi connectivity index (χ3n) is 5.33. The summed E-state index contributed by atoms with van der Waals surface area (Å²) in [6, 6.07) is 16.6. The fourth-order valence-corrected chi connectivity index (χ4v) is 3.75. The van der Waals surface area contributed by atoms with Crippen LogP contribution in [0.4, 0.5) is 23.0 Å². The van der Waals surface area contributed by atoms with E-state index in [1.54, 1.807) is 13.4 Å². The molecule has 1 N–H and O–H groups in total. The molecule has 150 valence electrons. The van der Waals surface area contributed by atoms with Gasteiger partial charge in [-0.2, -0.15) is 0 Å². The Kier molecular flexibility index (Phi) is 5.51. The fourth-order valence-electron chi connectivity index (χ4n) is 3.75. The third kappa shape index (κ3) is 4.26. The van der Waals surface area contributed by atoms with Gasteiger partial charge in [-0.15, -0.1) is 0 Å². The number of nitrogens with one attached hydrogen (secondary N) is 1. The van der Waals surface area contributed by atoms with Crippen LogP contribution in [0.2, 0.25) is 0 Å². The predicted molar refractivity (Wildman–Crippen MR) is 119 cm³/mol. The lowest BCUT2D eigenvalue weighted by Gasteiger charge is -2.37. The first-order valence-electron chi connectivity index (χ1n) is 9.93. The quantitative estimate of drug-likeness (QED) is 0.707. The minimum Gasteiger partial charge on any atom is -0.495 e. The van der Waals surface area contributed by atoms with Crippen molar-refractivity contribution < 1.29 is 4.74 Å². The topological polar surface area (TPSA) is 53.5 Å². The van der Waals surface area contributed by atoms with Gasteiger partial charge in [-0.3, -0.25) is 0 Å². The number of piperazine rings is 1. The second kappa shape index (κ2) is 8.39. The molecule has 2 heterocycles. The average molecular weight is 390 g/mol. The van der Waals surface area contributed by atoms with Gasteiger partial charge < -0.3 is 19.9 Å². The first kappa shape index (κ1) is 19.1. The Balaban J connectivity index is 1.44. The molecule has 0 unspecified atom stereocenters. The van der Waals surface area contributed by atoms with Crippen LogP contribution in [0.3, 0.4) is 0 Å². The number of methoxy groups -OCH3 is 1. The molecule has 6 nitrogen and oxygen atoms in total. The molecule has 0 saturated carbocycles. The summed E-state index contributed by atoms with van der Waals surface area (Å²) in [7, 11) is 1.72. The van der Waals surface area contributed by atoms with Crippen molar-refractivity contribution in [1.82, 2.24) is 9.97 Å². The van der Waals surface area contributed by atoms with Gasteiger partial charge in [0, 0.05) is 37.9 Å². The molecule has 4 rings (SSSR count). The van der Waals surface area contributed by atoms with Gasteiger partial charge in [-0.05, 0) is 37.6 Å². The summed E-state index contributed by atoms with van der Waals surface area (Å²) < 4.78 is 5.52. The zero-order valence-corrected chi connectivity index (χ0v) is 17.2. The maximum absolute atomic E-state index is 5.52. The van der Waals surface area contributed by atoms with Crippen LogP contribution in [0, 0.1) is 13.8 Å². The number of benzene rings is 2. The first-order valence-corrected chi connectivity index (χ1v) is 9.93. The number of aromatic nitrogens is 2. The fraction of sp³-hybridized carbons (Fsp3) is 0.304. The molecular formula is C23H27N5O. The Hall–Kier alpha value is -3.28. The summed E-state index contributed by atoms with van der Waals surface area (Å²) in [4.78, 5) is 13.6. The zero-order chi connectivity index (χ0) is 20.2. The summed E-state index contributed by atoms with van der Waals surface area (Å²) in [6.07, 6.45) is 1.63. The second-order valence-corrected chi connectivity index (χ2v) is 7.35. The van der Waals surface area contributed by atoms with Gasteiger partial charge in [0.1, 0.15) is 23.7 Å². The smallest absolute Gasteiger partial charge is 0.142 e. The number of aryl methyl sites for hydroxylation is 2. The van der Waals surface area contributed by atoms with E-state index < -0.39 is 0 Å². The van der Waals surface area contributed by atoms with Crippen LogP contribution in [-0.4, -0.2) is 43.3 Å². The Labute approximate surface area is 172 Å². The predicted octanol–water partition coefficient (Wildman–Crippen LogP) is 4.17. The molecule has 0 bridgehead atoms. The number of anilines is 4. The van der Waals surface area contributed by atoms with Crippen molar-refractivity contribution in [2.24, 2.45) is 0 Å². The molecule has 0 spiro atoms. The van der Waals surface area contributed by atoms with Crippen LogP contribution in [0.15, 0.2) is 54.9 Å². The number of rotatable bonds is 5. The third-order valence-corrected chi connectivity index (χ3v) is 5.33. The molecule has 0 radical (unpaired) electrons. The Bertz CT molecular complexity index is 983. The van der Waals surface area contributed by atoms with Crippen molar-refractivity contribution in [3.63, 3.8) is 0 Å². The van der Waals surface area contributed by atoms with Crippen molar-refractivity contribution in [2.75, 3.05) is 48.4 Å². The van der Waals surface area contributed by atoms with E-state index in [9.17, 15) is 0 Å². The van der Waals surface area contributed by atoms with Gasteiger partial charge in [-0.1, -0.05) is 29.8 Å². The SMILES string of the molecule is COc1ccccc1N1CCN(c2cc(Nc3ccc(C)cc3C)ncn2)CC1. The van der Waals surface area contributed by atoms with Gasteiger partial charge in [0.15, 0.2) is 0 Å². The van der Waals surface area contributed by atoms with E-state index in [4.69, 9.17) is 4.74 Å². The molecule has 1 saturated heterocycles. The largest absolute Gasteiger partial charge is 0.495 e. The summed E-state index contributed by atoms with van der Waals surface area (Å²) in [5, 5.41) is 3.42. The van der Waals surface area contributed by atoms with E-state index in [0.29, 0.717) is 0 Å². The van der Waals surface area contributed by atoms with Gasteiger partial charge >= 0.3 is 0 Å². The Morgan fingerprint density at radius 3 is 2.41 bits per heavy atom. The van der Waals surface area contributed by atoms with Crippen molar-refractivity contribution in [3.05, 3.63) is 66.0 Å². The first-order chi connectivity index (χ1) is 14.1. The molecular weight excluding hydrogens is 362 g/mol. The number of hydrogen-bond acceptors (Lipinski definition) is 6. The molecule has 0 aliphatic carbocycles. The number of nitrogens with zero attached hydrogens (tertiary/aromatic N) is 4. The van der Waals surface area contributed by atoms with Crippen LogP contribution in [-0.2, 0) is 0 Å². The van der Waals surface area contributed by atoms with Crippen LogP contribution in [0.25, 0.3) is 0 Å². The second-order valence-electron chi connectivity index (χ2n) is 7.35. The zero-order valence-electron chi connectivity index (χ0n) is 17.2. The summed E-state index contributed by atoms with van der Waals surface area (Å²) in [5.74, 6) is 2.68. The van der Waals surface area contributed by atoms with Crippen LogP contribution < -0.4 is 19.9 Å². The lowest BCUT2D eigenvalue weighted by Crippen LogP contribution is -2.47. The molecule has 1 aromatic heterocycles. The molecule has 0 amide bonds. The lowest BCUT2D eigenvalue weighted by molar-refractivity contribution is 0.413. The van der Waals surface area contributed by atoms with Crippen LogP contribution in [0.5, 0.6) is 5.75 Å². The van der Waals surface area contributed by atoms with E-state index >= 15 is 0 Å². The molecule has 6 heteroatoms. The number of hydrogen-bond donors (Lipinski definition) is 1.